The van der Waals surface area contributed by atoms with E-state index >= 15 is 0 Å². The molecule has 0 atom stereocenters. The van der Waals surface area contributed by atoms with Crippen molar-refractivity contribution in [2.45, 2.75) is 20.4 Å². The minimum atomic E-state index is 0.450. The molecule has 0 aliphatic rings. The topological polar surface area (TPSA) is 52.3 Å². The van der Waals surface area contributed by atoms with Crippen LogP contribution in [0.4, 0.5) is 0 Å². The van der Waals surface area contributed by atoms with Crippen LogP contribution in [0.1, 0.15) is 19.4 Å². The number of nitrogens with zero attached hydrogens (tertiary/aromatic N) is 4. The summed E-state index contributed by atoms with van der Waals surface area (Å²) < 4.78 is 0. The fourth-order valence-electron chi connectivity index (χ4n) is 1.22. The lowest BCUT2D eigenvalue weighted by Gasteiger charge is -2.14. The van der Waals surface area contributed by atoms with Crippen LogP contribution in [0.5, 0.6) is 0 Å². The molecular formula is C11H13ClN4. The molecule has 1 rings (SSSR count). The molecule has 5 heteroatoms. The van der Waals surface area contributed by atoms with Crippen molar-refractivity contribution in [1.82, 2.24) is 9.88 Å². The highest BCUT2D eigenvalue weighted by Crippen LogP contribution is 2.08. The van der Waals surface area contributed by atoms with Crippen molar-refractivity contribution in [3.8, 4) is 6.19 Å². The maximum atomic E-state index is 8.99. The molecule has 0 N–H and O–H groups in total. The quantitative estimate of drug-likeness (QED) is 0.266. The average Bonchev–Trinajstić information content (AvgIpc) is 2.28. The number of amidine groups is 1. The van der Waals surface area contributed by atoms with Crippen LogP contribution in [0, 0.1) is 11.5 Å². The van der Waals surface area contributed by atoms with Crippen molar-refractivity contribution in [3.63, 3.8) is 0 Å². The van der Waals surface area contributed by atoms with E-state index in [2.05, 4.69) is 16.2 Å². The molecule has 1 aromatic heterocycles. The summed E-state index contributed by atoms with van der Waals surface area (Å²) >= 11 is 5.68. The second kappa shape index (κ2) is 6.09. The molecule has 0 saturated heterocycles. The third-order valence-corrected chi connectivity index (χ3v) is 2.25. The van der Waals surface area contributed by atoms with E-state index in [-0.39, 0.29) is 0 Å². The normalized spacial score (nSPS) is 11.0. The molecule has 4 nitrogen and oxygen atoms in total. The molecule has 0 aliphatic heterocycles. The lowest BCUT2D eigenvalue weighted by Crippen LogP contribution is -2.23. The molecule has 1 heterocycles. The second-order valence-electron chi connectivity index (χ2n) is 3.20. The van der Waals surface area contributed by atoms with E-state index in [1.807, 2.05) is 19.9 Å². The first-order valence-electron chi connectivity index (χ1n) is 4.96. The van der Waals surface area contributed by atoms with Gasteiger partial charge in [-0.05, 0) is 25.5 Å². The smallest absolute Gasteiger partial charge is 0.185 e. The first kappa shape index (κ1) is 12.5. The fourth-order valence-corrected chi connectivity index (χ4v) is 1.33. The molecule has 0 radical (unpaired) electrons. The lowest BCUT2D eigenvalue weighted by atomic mass is 10.2. The zero-order valence-electron chi connectivity index (χ0n) is 9.31. The van der Waals surface area contributed by atoms with Crippen LogP contribution in [0.3, 0.4) is 0 Å². The standard InChI is InChI=1S/C11H13ClN4/c1-3-14-9(2)16(8-13)7-10-4-5-11(12)15-6-10/h4-6H,3,7H2,1-2H3. The molecule has 84 valence electrons. The van der Waals surface area contributed by atoms with Gasteiger partial charge in [0.2, 0.25) is 0 Å². The van der Waals surface area contributed by atoms with E-state index in [4.69, 9.17) is 16.9 Å². The molecule has 0 amide bonds. The van der Waals surface area contributed by atoms with Crippen molar-refractivity contribution in [1.29, 1.82) is 5.26 Å². The van der Waals surface area contributed by atoms with E-state index in [9.17, 15) is 0 Å². The fraction of sp³-hybridized carbons (Fsp3) is 0.364. The molecule has 0 fully saturated rings. The van der Waals surface area contributed by atoms with Gasteiger partial charge in [-0.15, -0.1) is 0 Å². The predicted molar refractivity (Wildman–Crippen MR) is 64.1 cm³/mol. The Labute approximate surface area is 100 Å². The highest BCUT2D eigenvalue weighted by molar-refractivity contribution is 6.29. The maximum Gasteiger partial charge on any atom is 0.185 e. The van der Waals surface area contributed by atoms with Crippen molar-refractivity contribution in [3.05, 3.63) is 29.0 Å². The van der Waals surface area contributed by atoms with Gasteiger partial charge < -0.3 is 0 Å². The van der Waals surface area contributed by atoms with Gasteiger partial charge in [0.15, 0.2) is 6.19 Å². The largest absolute Gasteiger partial charge is 0.272 e. The Morgan fingerprint density at radius 2 is 2.38 bits per heavy atom. The zero-order valence-corrected chi connectivity index (χ0v) is 10.1. The molecule has 0 aliphatic carbocycles. The first-order chi connectivity index (χ1) is 7.67. The minimum absolute atomic E-state index is 0.450. The summed E-state index contributed by atoms with van der Waals surface area (Å²) in [6.45, 7) is 4.89. The Kier molecular flexibility index (Phi) is 4.74. The van der Waals surface area contributed by atoms with Crippen molar-refractivity contribution in [2.24, 2.45) is 4.99 Å². The Morgan fingerprint density at radius 3 is 2.88 bits per heavy atom. The third kappa shape index (κ3) is 3.52. The highest BCUT2D eigenvalue weighted by Gasteiger charge is 2.06. The number of hydrogen-bond acceptors (Lipinski definition) is 3. The van der Waals surface area contributed by atoms with Crippen LogP contribution in [0.25, 0.3) is 0 Å². The molecule has 0 bridgehead atoms. The van der Waals surface area contributed by atoms with Gasteiger partial charge in [0.1, 0.15) is 11.0 Å². The molecule has 0 unspecified atom stereocenters. The van der Waals surface area contributed by atoms with E-state index in [0.29, 0.717) is 24.1 Å². The van der Waals surface area contributed by atoms with Crippen molar-refractivity contribution in [2.75, 3.05) is 6.54 Å². The molecular weight excluding hydrogens is 224 g/mol. The number of aliphatic imine (C=N–C) groups is 1. The number of aromatic nitrogens is 1. The van der Waals surface area contributed by atoms with E-state index in [1.54, 1.807) is 12.3 Å². The second-order valence-corrected chi connectivity index (χ2v) is 3.58. The van der Waals surface area contributed by atoms with Gasteiger partial charge in [0.25, 0.3) is 0 Å². The van der Waals surface area contributed by atoms with Gasteiger partial charge >= 0.3 is 0 Å². The Hall–Kier alpha value is -1.60. The third-order valence-electron chi connectivity index (χ3n) is 2.03. The summed E-state index contributed by atoms with van der Waals surface area (Å²) in [5.74, 6) is 0.708. The number of halogens is 1. The molecule has 16 heavy (non-hydrogen) atoms. The van der Waals surface area contributed by atoms with Crippen LogP contribution >= 0.6 is 11.6 Å². The summed E-state index contributed by atoms with van der Waals surface area (Å²) in [6.07, 6.45) is 3.75. The first-order valence-corrected chi connectivity index (χ1v) is 5.34. The summed E-state index contributed by atoms with van der Waals surface area (Å²) in [5, 5.41) is 9.44. The van der Waals surface area contributed by atoms with Crippen LogP contribution in [-0.2, 0) is 6.54 Å². The molecule has 1 aromatic rings. The van der Waals surface area contributed by atoms with E-state index in [0.717, 1.165) is 5.56 Å². The molecule has 0 aromatic carbocycles. The van der Waals surface area contributed by atoms with Gasteiger partial charge in [-0.3, -0.25) is 9.89 Å². The number of nitriles is 1. The van der Waals surface area contributed by atoms with Crippen LogP contribution in [0.2, 0.25) is 5.15 Å². The summed E-state index contributed by atoms with van der Waals surface area (Å²) in [7, 11) is 0. The summed E-state index contributed by atoms with van der Waals surface area (Å²) in [5.41, 5.74) is 0.927. The summed E-state index contributed by atoms with van der Waals surface area (Å²) in [4.78, 5) is 9.67. The Balaban J connectivity index is 2.75. The van der Waals surface area contributed by atoms with Crippen LogP contribution in [0.15, 0.2) is 23.3 Å². The van der Waals surface area contributed by atoms with Crippen molar-refractivity contribution < 1.29 is 0 Å². The van der Waals surface area contributed by atoms with Gasteiger partial charge in [-0.25, -0.2) is 4.98 Å². The lowest BCUT2D eigenvalue weighted by molar-refractivity contribution is 0.564. The van der Waals surface area contributed by atoms with Gasteiger partial charge in [-0.2, -0.15) is 5.26 Å². The Morgan fingerprint density at radius 1 is 1.62 bits per heavy atom. The number of pyridine rings is 1. The number of hydrogen-bond donors (Lipinski definition) is 0. The van der Waals surface area contributed by atoms with Crippen molar-refractivity contribution >= 4 is 17.4 Å². The van der Waals surface area contributed by atoms with Crippen LogP contribution < -0.4 is 0 Å². The van der Waals surface area contributed by atoms with Gasteiger partial charge in [0.05, 0.1) is 6.54 Å². The van der Waals surface area contributed by atoms with Gasteiger partial charge in [-0.1, -0.05) is 17.7 Å². The number of rotatable bonds is 3. The maximum absolute atomic E-state index is 8.99. The minimum Gasteiger partial charge on any atom is -0.272 e. The summed E-state index contributed by atoms with van der Waals surface area (Å²) in [6, 6.07) is 3.55. The monoisotopic (exact) mass is 236 g/mol. The molecule has 0 saturated carbocycles. The average molecular weight is 237 g/mol. The highest BCUT2D eigenvalue weighted by atomic mass is 35.5. The SMILES string of the molecule is CCN=C(C)N(C#N)Cc1ccc(Cl)nc1. The van der Waals surface area contributed by atoms with Gasteiger partial charge in [0, 0.05) is 12.7 Å². The van der Waals surface area contributed by atoms with E-state index in [1.165, 1.54) is 4.90 Å². The molecule has 0 spiro atoms. The van der Waals surface area contributed by atoms with Crippen LogP contribution in [-0.4, -0.2) is 22.3 Å². The zero-order chi connectivity index (χ0) is 12.0. The predicted octanol–water partition coefficient (Wildman–Crippen LogP) is 2.46. The Bertz CT molecular complexity index is 405. The van der Waals surface area contributed by atoms with E-state index < -0.39 is 0 Å².